The van der Waals surface area contributed by atoms with Gasteiger partial charge in [-0.1, -0.05) is 44.5 Å². The molecule has 0 aliphatic heterocycles. The van der Waals surface area contributed by atoms with Crippen LogP contribution in [0, 0.1) is 0 Å². The number of carbonyl (C=O) groups excluding carboxylic acids is 1. The van der Waals surface area contributed by atoms with Crippen molar-refractivity contribution in [1.82, 2.24) is 4.98 Å². The first-order valence-corrected chi connectivity index (χ1v) is 14.3. The van der Waals surface area contributed by atoms with E-state index in [2.05, 4.69) is 29.1 Å². The minimum Gasteiger partial charge on any atom is -0.494 e. The zero-order valence-corrected chi connectivity index (χ0v) is 24.6. The molecule has 1 aromatic heterocycles. The Hall–Kier alpha value is -4.56. The van der Waals surface area contributed by atoms with Crippen LogP contribution in [0.3, 0.4) is 0 Å². The number of hydrogen-bond donors (Lipinski definition) is 3. The predicted octanol–water partition coefficient (Wildman–Crippen LogP) is 7.44. The van der Waals surface area contributed by atoms with Crippen LogP contribution in [-0.4, -0.2) is 36.8 Å². The van der Waals surface area contributed by atoms with E-state index in [1.165, 1.54) is 0 Å². The second-order valence-electron chi connectivity index (χ2n) is 10.2. The van der Waals surface area contributed by atoms with E-state index in [0.29, 0.717) is 41.5 Å². The van der Waals surface area contributed by atoms with Gasteiger partial charge in [0.1, 0.15) is 5.76 Å². The molecule has 1 heterocycles. The van der Waals surface area contributed by atoms with E-state index in [4.69, 9.17) is 19.9 Å². The SMILES string of the molecule is C=C(OC(C)CCCC)[C@@H](N)CCOc1cc2nccc(Nc3ccc(NC(=O)c4ccccc4)cc3)c2cc1OC. The molecule has 0 spiro atoms. The lowest BCUT2D eigenvalue weighted by Crippen LogP contribution is -2.28. The lowest BCUT2D eigenvalue weighted by molar-refractivity contribution is 0.102. The standard InChI is InChI=1S/C34H40N4O4/c1-5-6-10-23(2)42-24(3)29(35)18-20-41-33-22-31-28(21-32(33)40-4)30(17-19-36-31)37-26-13-15-27(16-14-26)38-34(39)25-11-8-7-9-12-25/h7-9,11-17,19,21-23,29H,3,5-6,10,18,20,35H2,1-2,4H3,(H,36,37)(H,38,39)/t23?,29-/m0/s1. The normalized spacial score (nSPS) is 12.3. The largest absolute Gasteiger partial charge is 0.494 e. The average Bonchev–Trinajstić information content (AvgIpc) is 3.01. The van der Waals surface area contributed by atoms with Gasteiger partial charge in [0.15, 0.2) is 11.5 Å². The van der Waals surface area contributed by atoms with Gasteiger partial charge in [-0.05, 0) is 61.9 Å². The quantitative estimate of drug-likeness (QED) is 0.128. The van der Waals surface area contributed by atoms with Crippen molar-refractivity contribution in [1.29, 1.82) is 0 Å². The molecule has 8 heteroatoms. The summed E-state index contributed by atoms with van der Waals surface area (Å²) in [5, 5.41) is 7.24. The lowest BCUT2D eigenvalue weighted by atomic mass is 10.1. The molecule has 0 bridgehead atoms. The number of unbranched alkanes of at least 4 members (excludes halogenated alkanes) is 1. The van der Waals surface area contributed by atoms with Gasteiger partial charge in [-0.3, -0.25) is 9.78 Å². The van der Waals surface area contributed by atoms with Crippen molar-refractivity contribution in [2.75, 3.05) is 24.4 Å². The monoisotopic (exact) mass is 568 g/mol. The summed E-state index contributed by atoms with van der Waals surface area (Å²) in [6, 6.07) is 22.0. The Balaban J connectivity index is 1.39. The van der Waals surface area contributed by atoms with Gasteiger partial charge in [0.25, 0.3) is 5.91 Å². The number of fused-ring (bicyclic) bond motifs is 1. The highest BCUT2D eigenvalue weighted by Gasteiger charge is 2.15. The number of methoxy groups -OCH3 is 1. The van der Waals surface area contributed by atoms with Crippen LogP contribution in [0.15, 0.2) is 91.3 Å². The molecule has 42 heavy (non-hydrogen) atoms. The number of pyridine rings is 1. The Morgan fingerprint density at radius 2 is 1.74 bits per heavy atom. The first-order valence-electron chi connectivity index (χ1n) is 14.3. The smallest absolute Gasteiger partial charge is 0.255 e. The van der Waals surface area contributed by atoms with Crippen LogP contribution in [0.25, 0.3) is 10.9 Å². The van der Waals surface area contributed by atoms with Crippen LogP contribution in [0.1, 0.15) is 49.9 Å². The number of nitrogens with two attached hydrogens (primary N) is 1. The zero-order chi connectivity index (χ0) is 29.9. The molecule has 0 fully saturated rings. The van der Waals surface area contributed by atoms with Crippen molar-refractivity contribution >= 4 is 33.9 Å². The van der Waals surface area contributed by atoms with Crippen LogP contribution in [0.4, 0.5) is 17.1 Å². The summed E-state index contributed by atoms with van der Waals surface area (Å²) >= 11 is 0. The average molecular weight is 569 g/mol. The van der Waals surface area contributed by atoms with Crippen molar-refractivity contribution in [2.24, 2.45) is 5.73 Å². The molecule has 4 N–H and O–H groups in total. The minimum atomic E-state index is -0.326. The minimum absolute atomic E-state index is 0.0947. The van der Waals surface area contributed by atoms with Gasteiger partial charge in [0.2, 0.25) is 0 Å². The van der Waals surface area contributed by atoms with Crippen molar-refractivity contribution in [3.8, 4) is 11.5 Å². The van der Waals surface area contributed by atoms with Gasteiger partial charge in [-0.15, -0.1) is 0 Å². The van der Waals surface area contributed by atoms with E-state index in [9.17, 15) is 4.79 Å². The van der Waals surface area contributed by atoms with E-state index in [-0.39, 0.29) is 18.1 Å². The Morgan fingerprint density at radius 3 is 2.45 bits per heavy atom. The summed E-state index contributed by atoms with van der Waals surface area (Å²) in [5.74, 6) is 1.60. The number of anilines is 3. The van der Waals surface area contributed by atoms with E-state index in [1.807, 2.05) is 67.6 Å². The fraction of sp³-hybridized carbons (Fsp3) is 0.294. The molecule has 0 radical (unpaired) electrons. The van der Waals surface area contributed by atoms with Crippen LogP contribution < -0.4 is 25.8 Å². The van der Waals surface area contributed by atoms with Crippen LogP contribution in [0.5, 0.6) is 11.5 Å². The van der Waals surface area contributed by atoms with Crippen molar-refractivity contribution in [2.45, 2.75) is 51.7 Å². The molecule has 4 rings (SSSR count). The second-order valence-corrected chi connectivity index (χ2v) is 10.2. The van der Waals surface area contributed by atoms with Gasteiger partial charge >= 0.3 is 0 Å². The molecule has 1 amide bonds. The highest BCUT2D eigenvalue weighted by molar-refractivity contribution is 6.04. The number of carbonyl (C=O) groups is 1. The number of hydrogen-bond acceptors (Lipinski definition) is 7. The highest BCUT2D eigenvalue weighted by Crippen LogP contribution is 2.36. The molecule has 220 valence electrons. The molecule has 0 saturated carbocycles. The predicted molar refractivity (Wildman–Crippen MR) is 170 cm³/mol. The Bertz CT molecular complexity index is 1470. The first kappa shape index (κ1) is 30.4. The van der Waals surface area contributed by atoms with Crippen molar-refractivity contribution in [3.05, 3.63) is 96.9 Å². The molecule has 3 aromatic carbocycles. The van der Waals surface area contributed by atoms with Crippen LogP contribution >= 0.6 is 0 Å². The Labute approximate surface area is 247 Å². The number of aromatic nitrogens is 1. The molecule has 8 nitrogen and oxygen atoms in total. The Morgan fingerprint density at radius 1 is 1.00 bits per heavy atom. The van der Waals surface area contributed by atoms with Gasteiger partial charge in [-0.25, -0.2) is 0 Å². The van der Waals surface area contributed by atoms with E-state index in [0.717, 1.165) is 41.5 Å². The maximum Gasteiger partial charge on any atom is 0.255 e. The summed E-state index contributed by atoms with van der Waals surface area (Å²) in [5.41, 5.74) is 10.1. The lowest BCUT2D eigenvalue weighted by Gasteiger charge is -2.21. The van der Waals surface area contributed by atoms with E-state index < -0.39 is 0 Å². The third kappa shape index (κ3) is 8.24. The highest BCUT2D eigenvalue weighted by atomic mass is 16.5. The summed E-state index contributed by atoms with van der Waals surface area (Å²) in [7, 11) is 1.61. The van der Waals surface area contributed by atoms with Crippen LogP contribution in [0.2, 0.25) is 0 Å². The summed E-state index contributed by atoms with van der Waals surface area (Å²) in [6.07, 6.45) is 5.61. The number of ether oxygens (including phenoxy) is 3. The fourth-order valence-corrected chi connectivity index (χ4v) is 4.47. The maximum absolute atomic E-state index is 12.5. The topological polar surface area (TPSA) is 108 Å². The Kier molecular flexibility index (Phi) is 10.8. The third-order valence-corrected chi connectivity index (χ3v) is 6.90. The number of nitrogens with zero attached hydrogens (tertiary/aromatic N) is 1. The molecule has 1 unspecified atom stereocenters. The van der Waals surface area contributed by atoms with Crippen molar-refractivity contribution in [3.63, 3.8) is 0 Å². The first-order chi connectivity index (χ1) is 20.4. The second kappa shape index (κ2) is 14.9. The maximum atomic E-state index is 12.5. The number of amides is 1. The molecular formula is C34H40N4O4. The van der Waals surface area contributed by atoms with E-state index in [1.54, 1.807) is 25.4 Å². The van der Waals surface area contributed by atoms with Gasteiger partial charge in [-0.2, -0.15) is 0 Å². The third-order valence-electron chi connectivity index (χ3n) is 6.90. The summed E-state index contributed by atoms with van der Waals surface area (Å²) in [6.45, 7) is 8.59. The summed E-state index contributed by atoms with van der Waals surface area (Å²) in [4.78, 5) is 17.0. The van der Waals surface area contributed by atoms with Gasteiger partial charge in [0.05, 0.1) is 31.4 Å². The van der Waals surface area contributed by atoms with Gasteiger partial charge < -0.3 is 30.6 Å². The molecular weight excluding hydrogens is 528 g/mol. The van der Waals surface area contributed by atoms with Crippen molar-refractivity contribution < 1.29 is 19.0 Å². The molecule has 0 aliphatic carbocycles. The molecule has 2 atom stereocenters. The summed E-state index contributed by atoms with van der Waals surface area (Å²) < 4.78 is 17.6. The van der Waals surface area contributed by atoms with Crippen LogP contribution in [-0.2, 0) is 4.74 Å². The van der Waals surface area contributed by atoms with Gasteiger partial charge in [0, 0.05) is 46.7 Å². The number of nitrogens with one attached hydrogen (secondary N) is 2. The fourth-order valence-electron chi connectivity index (χ4n) is 4.47. The number of rotatable bonds is 15. The zero-order valence-electron chi connectivity index (χ0n) is 24.6. The molecule has 0 saturated heterocycles. The molecule has 4 aromatic rings. The molecule has 0 aliphatic rings. The van der Waals surface area contributed by atoms with E-state index >= 15 is 0 Å². The number of benzene rings is 3.